The minimum atomic E-state index is -3.95. The summed E-state index contributed by atoms with van der Waals surface area (Å²) in [5.41, 5.74) is 0. The van der Waals surface area contributed by atoms with Crippen molar-refractivity contribution in [3.05, 3.63) is 0 Å². The summed E-state index contributed by atoms with van der Waals surface area (Å²) in [4.78, 5) is 26.5. The van der Waals surface area contributed by atoms with Crippen molar-refractivity contribution in [2.24, 2.45) is 0 Å². The van der Waals surface area contributed by atoms with Crippen LogP contribution < -0.4 is 0 Å². The van der Waals surface area contributed by atoms with E-state index in [1.54, 1.807) is 23.5 Å². The van der Waals surface area contributed by atoms with E-state index < -0.39 is 19.2 Å². The van der Waals surface area contributed by atoms with Gasteiger partial charge in [0.15, 0.2) is 0 Å². The molecule has 0 fully saturated rings. The van der Waals surface area contributed by atoms with Gasteiger partial charge in [0.05, 0.1) is 0 Å². The monoisotopic (exact) mass is 808 g/mol. The van der Waals surface area contributed by atoms with Crippen LogP contribution in [-0.4, -0.2) is 54.2 Å². The summed E-state index contributed by atoms with van der Waals surface area (Å²) in [6.45, 7) is 9.01. The Morgan fingerprint density at radius 3 is 0.936 bits per heavy atom. The van der Waals surface area contributed by atoms with Gasteiger partial charge in [0.2, 0.25) is 0 Å². The van der Waals surface area contributed by atoms with Gasteiger partial charge in [-0.1, -0.05) is 0 Å². The first kappa shape index (κ1) is 47.4. The van der Waals surface area contributed by atoms with Gasteiger partial charge in [-0.3, -0.25) is 0 Å². The first-order valence-electron chi connectivity index (χ1n) is 20.6. The van der Waals surface area contributed by atoms with Crippen molar-refractivity contribution in [3.63, 3.8) is 0 Å². The van der Waals surface area contributed by atoms with E-state index in [4.69, 9.17) is 6.15 Å². The fourth-order valence-corrected chi connectivity index (χ4v) is 17.6. The second-order valence-electron chi connectivity index (χ2n) is 13.9. The molecule has 0 aromatic carbocycles. The van der Waals surface area contributed by atoms with Crippen LogP contribution in [0.3, 0.4) is 0 Å². The van der Waals surface area contributed by atoms with Gasteiger partial charge >= 0.3 is 310 Å². The van der Waals surface area contributed by atoms with Gasteiger partial charge < -0.3 is 0 Å². The van der Waals surface area contributed by atoms with E-state index in [0.717, 1.165) is 58.9 Å². The van der Waals surface area contributed by atoms with Crippen molar-refractivity contribution in [2.75, 3.05) is 23.0 Å². The molecule has 7 heteroatoms. The van der Waals surface area contributed by atoms with Gasteiger partial charge in [0, 0.05) is 0 Å². The molecule has 0 rings (SSSR count). The molecule has 0 unspecified atom stereocenters. The molecule has 0 spiro atoms. The van der Waals surface area contributed by atoms with Crippen LogP contribution in [0.25, 0.3) is 0 Å². The Kier molecular flexibility index (Phi) is 38.0. The quantitative estimate of drug-likeness (QED) is 0.0457. The van der Waals surface area contributed by atoms with Crippen LogP contribution in [0.5, 0.6) is 0 Å². The fraction of sp³-hybridized carbons (Fsp3) is 0.950. The molecule has 0 aromatic heterocycles. The molecule has 0 aromatic rings. The molecule has 0 atom stereocenters. The van der Waals surface area contributed by atoms with Gasteiger partial charge in [0.1, 0.15) is 0 Å². The number of thioether (sulfide) groups is 2. The third kappa shape index (κ3) is 33.4. The van der Waals surface area contributed by atoms with Crippen molar-refractivity contribution >= 4 is 54.7 Å². The van der Waals surface area contributed by atoms with Crippen molar-refractivity contribution in [1.29, 1.82) is 0 Å². The molecule has 0 heterocycles. The van der Waals surface area contributed by atoms with E-state index >= 15 is 0 Å². The molecular weight excluding hydrogens is 727 g/mol. The average Bonchev–Trinajstić information content (AvgIpc) is 3.06. The van der Waals surface area contributed by atoms with E-state index in [1.807, 2.05) is 0 Å². The standard InChI is InChI=1S/2C12H25.2C8H16O2S.Sn/c2*1-3-5-7-9-11-12-10-8-6-4-2;2*1-2-3-4-5-6-11-7-8(9)10;/h2*1,3-12H2,2H3;2*2-7H2,1H3,(H,9,10);/q;;;;+2/p-2. The Morgan fingerprint density at radius 1 is 0.383 bits per heavy atom. The SMILES string of the molecule is CCCCCCCCCCC[CH2][Sn]([CH2]CCCCCCCCCCC)([O]C(=O)CSCCCCCC)[O]C(=O)CSCCCCCC. The van der Waals surface area contributed by atoms with Gasteiger partial charge in [-0.15, -0.1) is 0 Å². The van der Waals surface area contributed by atoms with Crippen LogP contribution in [-0.2, 0) is 15.7 Å². The van der Waals surface area contributed by atoms with Crippen molar-refractivity contribution in [2.45, 2.75) is 216 Å². The number of carbonyl (C=O) groups is 2. The van der Waals surface area contributed by atoms with Crippen LogP contribution in [0.1, 0.15) is 207 Å². The predicted octanol–water partition coefficient (Wildman–Crippen LogP) is 14.0. The first-order valence-corrected chi connectivity index (χ1v) is 29.3. The molecule has 0 amide bonds. The van der Waals surface area contributed by atoms with E-state index in [0.29, 0.717) is 11.5 Å². The Balaban J connectivity index is 5.17. The Morgan fingerprint density at radius 2 is 0.638 bits per heavy atom. The van der Waals surface area contributed by atoms with E-state index in [2.05, 4.69) is 27.7 Å². The molecule has 0 saturated carbocycles. The summed E-state index contributed by atoms with van der Waals surface area (Å²) >= 11 is -0.557. The zero-order valence-electron chi connectivity index (χ0n) is 32.0. The molecule has 0 aliphatic rings. The molecule has 0 aliphatic heterocycles. The van der Waals surface area contributed by atoms with Gasteiger partial charge in [-0.25, -0.2) is 0 Å². The van der Waals surface area contributed by atoms with Crippen LogP contribution >= 0.6 is 23.5 Å². The van der Waals surface area contributed by atoms with Crippen LogP contribution in [0, 0.1) is 0 Å². The second kappa shape index (κ2) is 37.7. The first-order chi connectivity index (χ1) is 23.0. The fourth-order valence-electron chi connectivity index (χ4n) is 6.16. The maximum absolute atomic E-state index is 13.3. The number of unbranched alkanes of at least 4 members (excludes halogenated alkanes) is 24. The van der Waals surface area contributed by atoms with E-state index in [-0.39, 0.29) is 11.9 Å². The topological polar surface area (TPSA) is 52.6 Å². The predicted molar refractivity (Wildman–Crippen MR) is 214 cm³/mol. The number of carbonyl (C=O) groups excluding carboxylic acids is 2. The van der Waals surface area contributed by atoms with E-state index in [1.165, 1.54) is 141 Å². The number of hydrogen-bond donors (Lipinski definition) is 0. The molecule has 0 N–H and O–H groups in total. The maximum atomic E-state index is 13.3. The molecule has 0 bridgehead atoms. The molecule has 0 saturated heterocycles. The van der Waals surface area contributed by atoms with Crippen molar-refractivity contribution in [3.8, 4) is 0 Å². The second-order valence-corrected chi connectivity index (χ2v) is 25.4. The Bertz CT molecular complexity index is 623. The molecule has 280 valence electrons. The number of hydrogen-bond acceptors (Lipinski definition) is 6. The number of rotatable bonds is 38. The summed E-state index contributed by atoms with van der Waals surface area (Å²) in [5.74, 6) is 2.54. The van der Waals surface area contributed by atoms with Gasteiger partial charge in [-0.05, 0) is 0 Å². The molecule has 4 nitrogen and oxygen atoms in total. The third-order valence-corrected chi connectivity index (χ3v) is 21.0. The zero-order chi connectivity index (χ0) is 34.5. The Labute approximate surface area is 307 Å². The van der Waals surface area contributed by atoms with Crippen molar-refractivity contribution in [1.82, 2.24) is 0 Å². The molecule has 0 aliphatic carbocycles. The summed E-state index contributed by atoms with van der Waals surface area (Å²) in [6, 6.07) is 0. The van der Waals surface area contributed by atoms with Crippen molar-refractivity contribution < 1.29 is 15.7 Å². The van der Waals surface area contributed by atoms with Crippen LogP contribution in [0.15, 0.2) is 0 Å². The molecule has 0 radical (unpaired) electrons. The normalized spacial score (nSPS) is 11.7. The van der Waals surface area contributed by atoms with Gasteiger partial charge in [0.25, 0.3) is 0 Å². The zero-order valence-corrected chi connectivity index (χ0v) is 36.5. The minimum absolute atomic E-state index is 0.125. The summed E-state index contributed by atoms with van der Waals surface area (Å²) in [5, 5.41) is 0. The van der Waals surface area contributed by atoms with Crippen LogP contribution in [0.4, 0.5) is 0 Å². The van der Waals surface area contributed by atoms with E-state index in [9.17, 15) is 9.59 Å². The van der Waals surface area contributed by atoms with Gasteiger partial charge in [-0.2, -0.15) is 0 Å². The average molecular weight is 808 g/mol. The third-order valence-electron chi connectivity index (χ3n) is 9.15. The summed E-state index contributed by atoms with van der Waals surface area (Å²) in [7, 11) is 0. The Hall–Kier alpha value is 0.439. The summed E-state index contributed by atoms with van der Waals surface area (Å²) < 4.78 is 14.6. The molecule has 47 heavy (non-hydrogen) atoms. The van der Waals surface area contributed by atoms with Crippen LogP contribution in [0.2, 0.25) is 8.87 Å². The molecular formula is C40H80O4S2Sn. The summed E-state index contributed by atoms with van der Waals surface area (Å²) in [6.07, 6.45) is 35.3.